The van der Waals surface area contributed by atoms with Crippen LogP contribution in [0.1, 0.15) is 19.8 Å². The molecule has 122 valence electrons. The second-order valence-electron chi connectivity index (χ2n) is 4.70. The normalized spacial score (nSPS) is 18.1. The first kappa shape index (κ1) is 18.2. The van der Waals surface area contributed by atoms with E-state index in [0.29, 0.717) is 31.0 Å². The summed E-state index contributed by atoms with van der Waals surface area (Å²) in [4.78, 5) is 22.9. The lowest BCUT2D eigenvalue weighted by Crippen LogP contribution is -2.43. The van der Waals surface area contributed by atoms with E-state index in [4.69, 9.17) is 9.84 Å². The zero-order valence-electron chi connectivity index (χ0n) is 12.0. The van der Waals surface area contributed by atoms with Crippen molar-refractivity contribution < 1.29 is 27.9 Å². The Morgan fingerprint density at radius 1 is 1.33 bits per heavy atom. The molecule has 0 aromatic heterocycles. The van der Waals surface area contributed by atoms with Crippen LogP contribution in [0.25, 0.3) is 0 Å². The molecule has 0 aromatic carbocycles. The Kier molecular flexibility index (Phi) is 7.47. The van der Waals surface area contributed by atoms with Gasteiger partial charge in [0, 0.05) is 24.6 Å². The number of ether oxygens (including phenoxy) is 1. The molecule has 21 heavy (non-hydrogen) atoms. The number of carbonyl (C=O) groups is 2. The minimum absolute atomic E-state index is 0.111. The van der Waals surface area contributed by atoms with E-state index in [9.17, 15) is 18.0 Å². The zero-order valence-corrected chi connectivity index (χ0v) is 13.6. The zero-order chi connectivity index (χ0) is 15.9. The lowest BCUT2D eigenvalue weighted by molar-refractivity contribution is -0.157. The molecule has 1 unspecified atom stereocenters. The quantitative estimate of drug-likeness (QED) is 0.388. The highest BCUT2D eigenvalue weighted by Crippen LogP contribution is 2.16. The Hall–Kier alpha value is -0.800. The summed E-state index contributed by atoms with van der Waals surface area (Å²) in [7, 11) is -3.76. The third-order valence-electron chi connectivity index (χ3n) is 3.07. The average molecular weight is 339 g/mol. The smallest absolute Gasteiger partial charge is 0.321 e. The summed E-state index contributed by atoms with van der Waals surface area (Å²) in [6.07, 6.45) is 1.42. The maximum Gasteiger partial charge on any atom is 0.321 e. The molecule has 1 aliphatic rings. The number of unbranched alkanes of at least 4 members (excludes halogenated alkanes) is 1. The number of hydrogen-bond donors (Lipinski definition) is 1. The van der Waals surface area contributed by atoms with Crippen LogP contribution in [0.5, 0.6) is 0 Å². The van der Waals surface area contributed by atoms with Gasteiger partial charge in [0.2, 0.25) is 10.0 Å². The molecule has 0 radical (unpaired) electrons. The third kappa shape index (κ3) is 5.84. The van der Waals surface area contributed by atoms with Gasteiger partial charge >= 0.3 is 11.9 Å². The average Bonchev–Trinajstić information content (AvgIpc) is 2.45. The molecule has 0 saturated carbocycles. The van der Waals surface area contributed by atoms with E-state index in [2.05, 4.69) is 0 Å². The molecule has 0 aromatic rings. The van der Waals surface area contributed by atoms with Crippen LogP contribution in [0.3, 0.4) is 0 Å². The topological polar surface area (TPSA) is 101 Å². The number of rotatable bonds is 8. The molecule has 1 saturated heterocycles. The minimum Gasteiger partial charge on any atom is -0.481 e. The van der Waals surface area contributed by atoms with Gasteiger partial charge in [-0.05, 0) is 6.42 Å². The highest BCUT2D eigenvalue weighted by molar-refractivity contribution is 7.99. The summed E-state index contributed by atoms with van der Waals surface area (Å²) >= 11 is 1.65. The van der Waals surface area contributed by atoms with Crippen LogP contribution < -0.4 is 0 Å². The van der Waals surface area contributed by atoms with Gasteiger partial charge in [-0.25, -0.2) is 12.7 Å². The van der Waals surface area contributed by atoms with Crippen molar-refractivity contribution in [3.8, 4) is 0 Å². The Morgan fingerprint density at radius 3 is 2.48 bits per heavy atom. The molecule has 1 heterocycles. The summed E-state index contributed by atoms with van der Waals surface area (Å²) in [6, 6.07) is 0. The summed E-state index contributed by atoms with van der Waals surface area (Å²) in [5.74, 6) is -3.49. The van der Waals surface area contributed by atoms with E-state index in [0.717, 1.165) is 6.42 Å². The predicted molar refractivity (Wildman–Crippen MR) is 79.7 cm³/mol. The number of hydrogen-bond acceptors (Lipinski definition) is 6. The molecular formula is C12H21NO6S2. The van der Waals surface area contributed by atoms with Crippen LogP contribution in [0.2, 0.25) is 0 Å². The third-order valence-corrected chi connectivity index (χ3v) is 5.91. The monoisotopic (exact) mass is 339 g/mol. The van der Waals surface area contributed by atoms with Crippen molar-refractivity contribution in [2.45, 2.75) is 19.8 Å². The van der Waals surface area contributed by atoms with Crippen LogP contribution in [-0.4, -0.2) is 66.7 Å². The highest BCUT2D eigenvalue weighted by Gasteiger charge is 2.36. The lowest BCUT2D eigenvalue weighted by Gasteiger charge is -2.26. The van der Waals surface area contributed by atoms with E-state index >= 15 is 0 Å². The summed E-state index contributed by atoms with van der Waals surface area (Å²) in [5.41, 5.74) is 0. The molecular weight excluding hydrogens is 318 g/mol. The Bertz CT molecular complexity index is 458. The predicted octanol–water partition coefficient (Wildman–Crippen LogP) is 0.409. The molecule has 1 fully saturated rings. The molecule has 7 nitrogen and oxygen atoms in total. The second-order valence-corrected chi connectivity index (χ2v) is 7.94. The Balaban J connectivity index is 2.68. The SMILES string of the molecule is CCCCOC(=O)C(CS(=O)(=O)N1CCSCC1)C(=O)O. The van der Waals surface area contributed by atoms with Crippen LogP contribution in [0.4, 0.5) is 0 Å². The number of aliphatic carboxylic acids is 1. The fraction of sp³-hybridized carbons (Fsp3) is 0.833. The van der Waals surface area contributed by atoms with Crippen molar-refractivity contribution in [1.82, 2.24) is 4.31 Å². The van der Waals surface area contributed by atoms with E-state index in [-0.39, 0.29) is 6.61 Å². The van der Waals surface area contributed by atoms with Crippen LogP contribution in [-0.2, 0) is 24.3 Å². The lowest BCUT2D eigenvalue weighted by atomic mass is 10.2. The largest absolute Gasteiger partial charge is 0.481 e. The first-order valence-electron chi connectivity index (χ1n) is 6.83. The second kappa shape index (κ2) is 8.60. The van der Waals surface area contributed by atoms with E-state index in [1.54, 1.807) is 11.8 Å². The van der Waals surface area contributed by atoms with Crippen molar-refractivity contribution >= 4 is 33.7 Å². The number of sulfonamides is 1. The van der Waals surface area contributed by atoms with Crippen molar-refractivity contribution in [2.24, 2.45) is 5.92 Å². The van der Waals surface area contributed by atoms with Gasteiger partial charge in [-0.2, -0.15) is 11.8 Å². The summed E-state index contributed by atoms with van der Waals surface area (Å²) in [6.45, 7) is 2.72. The van der Waals surface area contributed by atoms with Crippen molar-refractivity contribution in [2.75, 3.05) is 37.0 Å². The van der Waals surface area contributed by atoms with Gasteiger partial charge in [-0.15, -0.1) is 0 Å². The van der Waals surface area contributed by atoms with Crippen LogP contribution in [0.15, 0.2) is 0 Å². The van der Waals surface area contributed by atoms with Crippen LogP contribution in [0, 0.1) is 5.92 Å². The molecule has 0 spiro atoms. The van der Waals surface area contributed by atoms with Gasteiger partial charge in [-0.1, -0.05) is 13.3 Å². The fourth-order valence-electron chi connectivity index (χ4n) is 1.80. The summed E-state index contributed by atoms with van der Waals surface area (Å²) < 4.78 is 30.4. The van der Waals surface area contributed by atoms with Crippen molar-refractivity contribution in [3.63, 3.8) is 0 Å². The first-order chi connectivity index (χ1) is 9.88. The Morgan fingerprint density at radius 2 is 1.95 bits per heavy atom. The van der Waals surface area contributed by atoms with Gasteiger partial charge < -0.3 is 9.84 Å². The molecule has 9 heteroatoms. The van der Waals surface area contributed by atoms with Gasteiger partial charge in [0.25, 0.3) is 0 Å². The molecule has 1 rings (SSSR count). The van der Waals surface area contributed by atoms with Gasteiger partial charge in [0.1, 0.15) is 0 Å². The number of nitrogens with zero attached hydrogens (tertiary/aromatic N) is 1. The maximum absolute atomic E-state index is 12.2. The summed E-state index contributed by atoms with van der Waals surface area (Å²) in [5, 5.41) is 9.07. The van der Waals surface area contributed by atoms with E-state index in [1.165, 1.54) is 4.31 Å². The van der Waals surface area contributed by atoms with Gasteiger partial charge in [0.05, 0.1) is 12.4 Å². The minimum atomic E-state index is -3.76. The molecule has 1 atom stereocenters. The molecule has 1 aliphatic heterocycles. The van der Waals surface area contributed by atoms with Gasteiger partial charge in [-0.3, -0.25) is 9.59 Å². The first-order valence-corrected chi connectivity index (χ1v) is 9.60. The standard InChI is InChI=1S/C12H21NO6S2/c1-2-3-6-19-12(16)10(11(14)15)9-21(17,18)13-4-7-20-8-5-13/h10H,2-9H2,1H3,(H,14,15). The molecule has 1 N–H and O–H groups in total. The van der Waals surface area contributed by atoms with Crippen LogP contribution >= 0.6 is 11.8 Å². The number of carbonyl (C=O) groups excluding carboxylic acids is 1. The number of esters is 1. The van der Waals surface area contributed by atoms with Gasteiger partial charge in [0.15, 0.2) is 5.92 Å². The number of thioether (sulfide) groups is 1. The molecule has 0 bridgehead atoms. The maximum atomic E-state index is 12.2. The Labute approximate surface area is 129 Å². The molecule has 0 amide bonds. The van der Waals surface area contributed by atoms with Crippen molar-refractivity contribution in [3.05, 3.63) is 0 Å². The fourth-order valence-corrected chi connectivity index (χ4v) is 4.58. The number of carboxylic acids is 1. The van der Waals surface area contributed by atoms with E-state index in [1.807, 2.05) is 6.92 Å². The van der Waals surface area contributed by atoms with E-state index < -0.39 is 33.6 Å². The molecule has 0 aliphatic carbocycles. The number of carboxylic acid groups (broad SMARTS) is 1. The van der Waals surface area contributed by atoms with Crippen molar-refractivity contribution in [1.29, 1.82) is 0 Å². The highest BCUT2D eigenvalue weighted by atomic mass is 32.2.